The van der Waals surface area contributed by atoms with Crippen molar-refractivity contribution in [2.24, 2.45) is 0 Å². The third-order valence-electron chi connectivity index (χ3n) is 3.24. The number of halogens is 2. The van der Waals surface area contributed by atoms with Crippen molar-refractivity contribution < 1.29 is 8.78 Å². The summed E-state index contributed by atoms with van der Waals surface area (Å²) in [5, 5.41) is 0. The van der Waals surface area contributed by atoms with E-state index in [1.165, 1.54) is 10.6 Å². The molecule has 0 bridgehead atoms. The first-order chi connectivity index (χ1) is 8.47. The summed E-state index contributed by atoms with van der Waals surface area (Å²) in [7, 11) is 0. The van der Waals surface area contributed by atoms with Crippen molar-refractivity contribution in [2.45, 2.75) is 32.5 Å². The zero-order chi connectivity index (χ0) is 13.3. The summed E-state index contributed by atoms with van der Waals surface area (Å²) < 4.78 is 27.5. The molecule has 3 nitrogen and oxygen atoms in total. The average molecular weight is 256 g/mol. The molecule has 0 aliphatic carbocycles. The maximum atomic E-state index is 13.5. The van der Waals surface area contributed by atoms with Crippen LogP contribution < -0.4 is 5.56 Å². The van der Waals surface area contributed by atoms with Gasteiger partial charge in [-0.3, -0.25) is 9.69 Å². The molecule has 2 heterocycles. The van der Waals surface area contributed by atoms with Crippen LogP contribution in [-0.2, 0) is 6.42 Å². The van der Waals surface area contributed by atoms with Crippen LogP contribution >= 0.6 is 0 Å². The fourth-order valence-corrected chi connectivity index (χ4v) is 2.12. The van der Waals surface area contributed by atoms with Crippen molar-refractivity contribution in [3.63, 3.8) is 0 Å². The SMILES string of the molecule is CC(C)n1cc(CCN2CC(F)C2)cc(F)c1=O. The number of likely N-dealkylation sites (tertiary alicyclic amines) is 1. The number of hydrogen-bond donors (Lipinski definition) is 0. The molecule has 100 valence electrons. The van der Waals surface area contributed by atoms with Gasteiger partial charge >= 0.3 is 0 Å². The largest absolute Gasteiger partial charge is 0.310 e. The van der Waals surface area contributed by atoms with Gasteiger partial charge in [0.1, 0.15) is 6.17 Å². The van der Waals surface area contributed by atoms with Crippen LogP contribution in [0.15, 0.2) is 17.1 Å². The molecule has 2 rings (SSSR count). The van der Waals surface area contributed by atoms with E-state index >= 15 is 0 Å². The summed E-state index contributed by atoms with van der Waals surface area (Å²) in [4.78, 5) is 13.5. The van der Waals surface area contributed by atoms with Gasteiger partial charge in [-0.2, -0.15) is 0 Å². The number of aromatic nitrogens is 1. The molecule has 1 fully saturated rings. The monoisotopic (exact) mass is 256 g/mol. The highest BCUT2D eigenvalue weighted by Gasteiger charge is 2.25. The van der Waals surface area contributed by atoms with Crippen LogP contribution in [0.5, 0.6) is 0 Å². The van der Waals surface area contributed by atoms with E-state index in [4.69, 9.17) is 0 Å². The summed E-state index contributed by atoms with van der Waals surface area (Å²) in [5.74, 6) is -0.715. The van der Waals surface area contributed by atoms with Crippen LogP contribution in [0.3, 0.4) is 0 Å². The number of rotatable bonds is 4. The molecule has 1 aromatic heterocycles. The van der Waals surface area contributed by atoms with Gasteiger partial charge in [-0.25, -0.2) is 8.78 Å². The van der Waals surface area contributed by atoms with Crippen molar-refractivity contribution in [3.05, 3.63) is 34.0 Å². The van der Waals surface area contributed by atoms with Crippen LogP contribution in [0, 0.1) is 5.82 Å². The lowest BCUT2D eigenvalue weighted by Gasteiger charge is -2.34. The highest BCUT2D eigenvalue weighted by atomic mass is 19.1. The predicted molar refractivity (Wildman–Crippen MR) is 66.1 cm³/mol. The Morgan fingerprint density at radius 3 is 2.67 bits per heavy atom. The number of hydrogen-bond acceptors (Lipinski definition) is 2. The van der Waals surface area contributed by atoms with Crippen LogP contribution in [0.4, 0.5) is 8.78 Å². The quantitative estimate of drug-likeness (QED) is 0.820. The molecule has 1 aromatic rings. The molecule has 0 saturated carbocycles. The van der Waals surface area contributed by atoms with Crippen LogP contribution in [0.25, 0.3) is 0 Å². The highest BCUT2D eigenvalue weighted by molar-refractivity contribution is 5.13. The van der Waals surface area contributed by atoms with Crippen LogP contribution in [-0.4, -0.2) is 35.3 Å². The van der Waals surface area contributed by atoms with Gasteiger partial charge < -0.3 is 4.57 Å². The van der Waals surface area contributed by atoms with Gasteiger partial charge in [0.15, 0.2) is 5.82 Å². The third kappa shape index (κ3) is 2.77. The Kier molecular flexibility index (Phi) is 3.80. The van der Waals surface area contributed by atoms with Gasteiger partial charge in [-0.1, -0.05) is 0 Å². The molecule has 5 heteroatoms. The van der Waals surface area contributed by atoms with Gasteiger partial charge in [0, 0.05) is 31.9 Å². The Balaban J connectivity index is 2.06. The average Bonchev–Trinajstić information content (AvgIpc) is 2.26. The summed E-state index contributed by atoms with van der Waals surface area (Å²) in [6, 6.07) is 1.22. The van der Waals surface area contributed by atoms with Gasteiger partial charge in [-0.05, 0) is 31.9 Å². The Morgan fingerprint density at radius 1 is 1.44 bits per heavy atom. The molecule has 0 amide bonds. The number of alkyl halides is 1. The smallest absolute Gasteiger partial charge is 0.286 e. The lowest BCUT2D eigenvalue weighted by atomic mass is 10.1. The molecule has 1 aliphatic rings. The van der Waals surface area contributed by atoms with Crippen molar-refractivity contribution in [1.29, 1.82) is 0 Å². The van der Waals surface area contributed by atoms with Crippen LogP contribution in [0.1, 0.15) is 25.5 Å². The lowest BCUT2D eigenvalue weighted by Crippen LogP contribution is -2.48. The first-order valence-electron chi connectivity index (χ1n) is 6.24. The summed E-state index contributed by atoms with van der Waals surface area (Å²) in [6.07, 6.45) is 1.62. The van der Waals surface area contributed by atoms with E-state index in [9.17, 15) is 13.6 Å². The maximum absolute atomic E-state index is 13.5. The van der Waals surface area contributed by atoms with Crippen molar-refractivity contribution in [3.8, 4) is 0 Å². The first kappa shape index (κ1) is 13.2. The van der Waals surface area contributed by atoms with Crippen molar-refractivity contribution in [2.75, 3.05) is 19.6 Å². The molecule has 0 atom stereocenters. The minimum absolute atomic E-state index is 0.0637. The standard InChI is InChI=1S/C13H18F2N2O/c1-9(2)17-6-10(5-12(15)13(17)18)3-4-16-7-11(14)8-16/h5-6,9,11H,3-4,7-8H2,1-2H3. The highest BCUT2D eigenvalue weighted by Crippen LogP contribution is 2.13. The molecule has 0 N–H and O–H groups in total. The van der Waals surface area contributed by atoms with E-state index in [0.717, 1.165) is 5.56 Å². The molecule has 18 heavy (non-hydrogen) atoms. The van der Waals surface area contributed by atoms with E-state index in [1.54, 1.807) is 6.20 Å². The molecule has 1 saturated heterocycles. The van der Waals surface area contributed by atoms with Crippen molar-refractivity contribution >= 4 is 0 Å². The topological polar surface area (TPSA) is 25.2 Å². The molecule has 0 spiro atoms. The summed E-state index contributed by atoms with van der Waals surface area (Å²) in [6.45, 7) is 5.32. The van der Waals surface area contributed by atoms with Gasteiger partial charge in [0.05, 0.1) is 0 Å². The minimum Gasteiger partial charge on any atom is -0.310 e. The van der Waals surface area contributed by atoms with Gasteiger partial charge in [-0.15, -0.1) is 0 Å². The Bertz CT molecular complexity index is 478. The number of pyridine rings is 1. The van der Waals surface area contributed by atoms with E-state index in [0.29, 0.717) is 26.1 Å². The fourth-order valence-electron chi connectivity index (χ4n) is 2.12. The van der Waals surface area contributed by atoms with E-state index in [-0.39, 0.29) is 6.04 Å². The predicted octanol–water partition coefficient (Wildman–Crippen LogP) is 1.76. The minimum atomic E-state index is -0.716. The molecular formula is C13H18F2N2O. The zero-order valence-electron chi connectivity index (χ0n) is 10.7. The van der Waals surface area contributed by atoms with Crippen molar-refractivity contribution in [1.82, 2.24) is 9.47 Å². The maximum Gasteiger partial charge on any atom is 0.286 e. The first-order valence-corrected chi connectivity index (χ1v) is 6.24. The Morgan fingerprint density at radius 2 is 2.11 bits per heavy atom. The Hall–Kier alpha value is -1.23. The molecular weight excluding hydrogens is 238 g/mol. The molecule has 1 aliphatic heterocycles. The van der Waals surface area contributed by atoms with E-state index in [1.807, 2.05) is 18.7 Å². The summed E-state index contributed by atoms with van der Waals surface area (Å²) >= 11 is 0. The van der Waals surface area contributed by atoms with Crippen LogP contribution in [0.2, 0.25) is 0 Å². The normalized spacial score (nSPS) is 17.2. The summed E-state index contributed by atoms with van der Waals surface area (Å²) in [5.41, 5.74) is 0.199. The zero-order valence-corrected chi connectivity index (χ0v) is 10.7. The van der Waals surface area contributed by atoms with E-state index in [2.05, 4.69) is 0 Å². The van der Waals surface area contributed by atoms with Gasteiger partial charge in [0.25, 0.3) is 5.56 Å². The second kappa shape index (κ2) is 5.18. The van der Waals surface area contributed by atoms with Gasteiger partial charge in [0.2, 0.25) is 0 Å². The second-order valence-corrected chi connectivity index (χ2v) is 5.11. The molecule has 0 unspecified atom stereocenters. The van der Waals surface area contributed by atoms with E-state index < -0.39 is 17.5 Å². The fraction of sp³-hybridized carbons (Fsp3) is 0.615. The molecule has 0 aromatic carbocycles. The Labute approximate surface area is 105 Å². The number of nitrogens with zero attached hydrogens (tertiary/aromatic N) is 2. The molecule has 0 radical (unpaired) electrons. The second-order valence-electron chi connectivity index (χ2n) is 5.11. The lowest BCUT2D eigenvalue weighted by molar-refractivity contribution is 0.0670. The third-order valence-corrected chi connectivity index (χ3v) is 3.24.